The molecule has 2 aromatic rings. The molecule has 0 fully saturated rings. The molecule has 0 heterocycles. The standard InChI is InChI=1S/C14H11FN2O2/c15-11-5-1-10(2-6-11)14(19)17-12-7-3-9(4-8-12)13(16)18/h1-8H,(H2,16,18)(H,17,19). The molecule has 0 bridgehead atoms. The Morgan fingerprint density at radius 2 is 1.42 bits per heavy atom. The van der Waals surface area contributed by atoms with Crippen LogP contribution in [-0.2, 0) is 0 Å². The van der Waals surface area contributed by atoms with Crippen LogP contribution >= 0.6 is 0 Å². The first-order chi connectivity index (χ1) is 9.06. The fraction of sp³-hybridized carbons (Fsp3) is 0. The molecule has 0 saturated heterocycles. The summed E-state index contributed by atoms with van der Waals surface area (Å²) >= 11 is 0. The van der Waals surface area contributed by atoms with Gasteiger partial charge >= 0.3 is 0 Å². The Bertz CT molecular complexity index is 606. The fourth-order valence-corrected chi connectivity index (χ4v) is 1.52. The zero-order valence-electron chi connectivity index (χ0n) is 9.89. The molecule has 5 heteroatoms. The zero-order chi connectivity index (χ0) is 13.8. The van der Waals surface area contributed by atoms with Gasteiger partial charge in [-0.2, -0.15) is 0 Å². The molecule has 0 saturated carbocycles. The van der Waals surface area contributed by atoms with Crippen molar-refractivity contribution in [1.82, 2.24) is 0 Å². The lowest BCUT2D eigenvalue weighted by molar-refractivity contribution is 0.0998. The largest absolute Gasteiger partial charge is 0.366 e. The first-order valence-corrected chi connectivity index (χ1v) is 5.53. The van der Waals surface area contributed by atoms with Crippen molar-refractivity contribution in [3.05, 3.63) is 65.5 Å². The lowest BCUT2D eigenvalue weighted by Gasteiger charge is -2.05. The predicted molar refractivity (Wildman–Crippen MR) is 69.3 cm³/mol. The number of halogens is 1. The van der Waals surface area contributed by atoms with Crippen LogP contribution < -0.4 is 11.1 Å². The minimum atomic E-state index is -0.531. The van der Waals surface area contributed by atoms with Gasteiger partial charge < -0.3 is 11.1 Å². The van der Waals surface area contributed by atoms with Crippen molar-refractivity contribution in [2.75, 3.05) is 5.32 Å². The van der Waals surface area contributed by atoms with Gasteiger partial charge in [0, 0.05) is 16.8 Å². The van der Waals surface area contributed by atoms with Crippen LogP contribution in [0.25, 0.3) is 0 Å². The number of hydrogen-bond donors (Lipinski definition) is 2. The van der Waals surface area contributed by atoms with Crippen LogP contribution in [0.15, 0.2) is 48.5 Å². The van der Waals surface area contributed by atoms with Crippen LogP contribution in [-0.4, -0.2) is 11.8 Å². The number of amides is 2. The van der Waals surface area contributed by atoms with Crippen molar-refractivity contribution in [2.45, 2.75) is 0 Å². The lowest BCUT2D eigenvalue weighted by Crippen LogP contribution is -2.13. The van der Waals surface area contributed by atoms with Gasteiger partial charge in [-0.3, -0.25) is 9.59 Å². The summed E-state index contributed by atoms with van der Waals surface area (Å²) in [5.74, 6) is -1.29. The molecule has 96 valence electrons. The van der Waals surface area contributed by atoms with Gasteiger partial charge in [-0.15, -0.1) is 0 Å². The van der Waals surface area contributed by atoms with E-state index in [9.17, 15) is 14.0 Å². The molecular weight excluding hydrogens is 247 g/mol. The molecular formula is C14H11FN2O2. The lowest BCUT2D eigenvalue weighted by atomic mass is 10.1. The zero-order valence-corrected chi connectivity index (χ0v) is 9.89. The third kappa shape index (κ3) is 3.16. The van der Waals surface area contributed by atoms with Gasteiger partial charge in [-0.1, -0.05) is 0 Å². The summed E-state index contributed by atoms with van der Waals surface area (Å²) in [5.41, 5.74) is 6.34. The Hall–Kier alpha value is -2.69. The molecule has 0 aromatic heterocycles. The highest BCUT2D eigenvalue weighted by molar-refractivity contribution is 6.04. The van der Waals surface area contributed by atoms with E-state index in [0.29, 0.717) is 16.8 Å². The SMILES string of the molecule is NC(=O)c1ccc(NC(=O)c2ccc(F)cc2)cc1. The Morgan fingerprint density at radius 1 is 0.895 bits per heavy atom. The van der Waals surface area contributed by atoms with Gasteiger partial charge in [-0.05, 0) is 48.5 Å². The topological polar surface area (TPSA) is 72.2 Å². The molecule has 2 aromatic carbocycles. The number of carbonyl (C=O) groups excluding carboxylic acids is 2. The molecule has 19 heavy (non-hydrogen) atoms. The number of benzene rings is 2. The van der Waals surface area contributed by atoms with Gasteiger partial charge in [0.1, 0.15) is 5.82 Å². The Morgan fingerprint density at radius 3 is 1.95 bits per heavy atom. The quantitative estimate of drug-likeness (QED) is 0.885. The van der Waals surface area contributed by atoms with Gasteiger partial charge in [0.05, 0.1) is 0 Å². The second-order valence-electron chi connectivity index (χ2n) is 3.90. The summed E-state index contributed by atoms with van der Waals surface area (Å²) in [6.45, 7) is 0. The first-order valence-electron chi connectivity index (χ1n) is 5.53. The molecule has 2 amide bonds. The van der Waals surface area contributed by atoms with Gasteiger partial charge in [0.2, 0.25) is 5.91 Å². The molecule has 0 aliphatic carbocycles. The van der Waals surface area contributed by atoms with E-state index in [2.05, 4.69) is 5.32 Å². The van der Waals surface area contributed by atoms with E-state index in [1.165, 1.54) is 36.4 Å². The molecule has 0 spiro atoms. The molecule has 0 aliphatic rings. The van der Waals surface area contributed by atoms with E-state index < -0.39 is 11.7 Å². The summed E-state index contributed by atoms with van der Waals surface area (Å²) in [6, 6.07) is 11.4. The monoisotopic (exact) mass is 258 g/mol. The molecule has 2 rings (SSSR count). The molecule has 3 N–H and O–H groups in total. The highest BCUT2D eigenvalue weighted by Crippen LogP contribution is 2.11. The van der Waals surface area contributed by atoms with Crippen molar-refractivity contribution in [3.8, 4) is 0 Å². The Kier molecular flexibility index (Phi) is 3.56. The van der Waals surface area contributed by atoms with E-state index in [0.717, 1.165) is 0 Å². The summed E-state index contributed by atoms with van der Waals surface area (Å²) in [5, 5.41) is 2.63. The van der Waals surface area contributed by atoms with E-state index >= 15 is 0 Å². The van der Waals surface area contributed by atoms with E-state index in [1.54, 1.807) is 12.1 Å². The summed E-state index contributed by atoms with van der Waals surface area (Å²) in [4.78, 5) is 22.7. The molecule has 0 unspecified atom stereocenters. The number of anilines is 1. The average molecular weight is 258 g/mol. The predicted octanol–water partition coefficient (Wildman–Crippen LogP) is 2.18. The highest BCUT2D eigenvalue weighted by Gasteiger charge is 2.06. The number of nitrogens with one attached hydrogen (secondary N) is 1. The third-order valence-corrected chi connectivity index (χ3v) is 2.53. The smallest absolute Gasteiger partial charge is 0.255 e. The maximum Gasteiger partial charge on any atom is 0.255 e. The number of carbonyl (C=O) groups is 2. The van der Waals surface area contributed by atoms with Crippen molar-refractivity contribution in [3.63, 3.8) is 0 Å². The van der Waals surface area contributed by atoms with Crippen LogP contribution in [0.3, 0.4) is 0 Å². The molecule has 0 atom stereocenters. The third-order valence-electron chi connectivity index (χ3n) is 2.53. The number of hydrogen-bond acceptors (Lipinski definition) is 2. The second kappa shape index (κ2) is 5.30. The summed E-state index contributed by atoms with van der Waals surface area (Å²) < 4.78 is 12.7. The van der Waals surface area contributed by atoms with Crippen LogP contribution in [0.5, 0.6) is 0 Å². The fourth-order valence-electron chi connectivity index (χ4n) is 1.52. The van der Waals surface area contributed by atoms with E-state index in [4.69, 9.17) is 5.73 Å². The summed E-state index contributed by atoms with van der Waals surface area (Å²) in [7, 11) is 0. The first kappa shape index (κ1) is 12.8. The highest BCUT2D eigenvalue weighted by atomic mass is 19.1. The maximum atomic E-state index is 12.7. The van der Waals surface area contributed by atoms with E-state index in [1.807, 2.05) is 0 Å². The normalized spacial score (nSPS) is 9.95. The van der Waals surface area contributed by atoms with E-state index in [-0.39, 0.29) is 5.91 Å². The second-order valence-corrected chi connectivity index (χ2v) is 3.90. The Labute approximate surface area is 109 Å². The van der Waals surface area contributed by atoms with Gasteiger partial charge in [0.25, 0.3) is 5.91 Å². The number of primary amides is 1. The molecule has 0 aliphatic heterocycles. The average Bonchev–Trinajstić information content (AvgIpc) is 2.40. The van der Waals surface area contributed by atoms with Gasteiger partial charge in [-0.25, -0.2) is 4.39 Å². The van der Waals surface area contributed by atoms with Gasteiger partial charge in [0.15, 0.2) is 0 Å². The minimum Gasteiger partial charge on any atom is -0.366 e. The Balaban J connectivity index is 2.10. The minimum absolute atomic E-state index is 0.348. The summed E-state index contributed by atoms with van der Waals surface area (Å²) in [6.07, 6.45) is 0. The van der Waals surface area contributed by atoms with Crippen LogP contribution in [0.2, 0.25) is 0 Å². The molecule has 0 radical (unpaired) electrons. The number of rotatable bonds is 3. The maximum absolute atomic E-state index is 12.7. The van der Waals surface area contributed by atoms with Crippen LogP contribution in [0.4, 0.5) is 10.1 Å². The van der Waals surface area contributed by atoms with Crippen molar-refractivity contribution >= 4 is 17.5 Å². The van der Waals surface area contributed by atoms with Crippen molar-refractivity contribution < 1.29 is 14.0 Å². The van der Waals surface area contributed by atoms with Crippen molar-refractivity contribution in [1.29, 1.82) is 0 Å². The van der Waals surface area contributed by atoms with Crippen LogP contribution in [0.1, 0.15) is 20.7 Å². The van der Waals surface area contributed by atoms with Crippen LogP contribution in [0, 0.1) is 5.82 Å². The van der Waals surface area contributed by atoms with Crippen molar-refractivity contribution in [2.24, 2.45) is 5.73 Å². The number of nitrogens with two attached hydrogens (primary N) is 1. The molecule has 4 nitrogen and oxygen atoms in total.